The highest BCUT2D eigenvalue weighted by molar-refractivity contribution is 7.99. The zero-order valence-corrected chi connectivity index (χ0v) is 14.3. The number of hydrogen-bond donors (Lipinski definition) is 3. The van der Waals surface area contributed by atoms with E-state index in [1.807, 2.05) is 60.7 Å². The number of benzene rings is 2. The van der Waals surface area contributed by atoms with E-state index in [0.29, 0.717) is 6.42 Å². The molecule has 2 aromatic carbocycles. The zero-order chi connectivity index (χ0) is 17.2. The fourth-order valence-corrected chi connectivity index (χ4v) is 3.01. The molecule has 0 aliphatic heterocycles. The maximum Gasteiger partial charge on any atom is 0.260 e. The maximum absolute atomic E-state index is 12.3. The SMILES string of the molecule is CC(=O)N[C@@H](CCSc1ccccc1)C(=O)NNc1ccccc1. The number of thioether (sulfide) groups is 1. The number of carbonyl (C=O) groups excluding carboxylic acids is 2. The van der Waals surface area contributed by atoms with Crippen molar-refractivity contribution < 1.29 is 9.59 Å². The Bertz CT molecular complexity index is 650. The number of hydrogen-bond acceptors (Lipinski definition) is 4. The van der Waals surface area contributed by atoms with Crippen molar-refractivity contribution in [2.24, 2.45) is 0 Å². The summed E-state index contributed by atoms with van der Waals surface area (Å²) in [7, 11) is 0. The van der Waals surface area contributed by atoms with Crippen LogP contribution < -0.4 is 16.2 Å². The van der Waals surface area contributed by atoms with E-state index in [9.17, 15) is 9.59 Å². The molecule has 1 atom stereocenters. The quantitative estimate of drug-likeness (QED) is 0.509. The first kappa shape index (κ1) is 17.9. The van der Waals surface area contributed by atoms with Crippen molar-refractivity contribution in [1.82, 2.24) is 10.7 Å². The number of amides is 2. The molecule has 0 aliphatic carbocycles. The lowest BCUT2D eigenvalue weighted by Gasteiger charge is -2.18. The van der Waals surface area contributed by atoms with E-state index in [2.05, 4.69) is 16.2 Å². The van der Waals surface area contributed by atoms with Gasteiger partial charge >= 0.3 is 0 Å². The highest BCUT2D eigenvalue weighted by Gasteiger charge is 2.19. The van der Waals surface area contributed by atoms with Crippen LogP contribution in [0.5, 0.6) is 0 Å². The lowest BCUT2D eigenvalue weighted by molar-refractivity contribution is -0.127. The van der Waals surface area contributed by atoms with Crippen molar-refractivity contribution in [3.63, 3.8) is 0 Å². The lowest BCUT2D eigenvalue weighted by atomic mass is 10.2. The Morgan fingerprint density at radius 1 is 1.00 bits per heavy atom. The average molecular weight is 343 g/mol. The van der Waals surface area contributed by atoms with Crippen LogP contribution in [0.4, 0.5) is 5.69 Å². The minimum Gasteiger partial charge on any atom is -0.344 e. The standard InChI is InChI=1S/C18H21N3O2S/c1-14(22)19-17(12-13-24-16-10-6-3-7-11-16)18(23)21-20-15-8-4-2-5-9-15/h2-11,17,20H,12-13H2,1H3,(H,19,22)(H,21,23)/t17-/m0/s1. The summed E-state index contributed by atoms with van der Waals surface area (Å²) in [4.78, 5) is 24.8. The van der Waals surface area contributed by atoms with Crippen LogP contribution in [0.25, 0.3) is 0 Å². The summed E-state index contributed by atoms with van der Waals surface area (Å²) in [5.41, 5.74) is 6.27. The van der Waals surface area contributed by atoms with Gasteiger partial charge in [-0.25, -0.2) is 0 Å². The van der Waals surface area contributed by atoms with Gasteiger partial charge in [0.15, 0.2) is 0 Å². The third-order valence-corrected chi connectivity index (χ3v) is 4.26. The second kappa shape index (κ2) is 9.62. The molecule has 2 aromatic rings. The molecule has 0 spiro atoms. The molecule has 0 saturated heterocycles. The van der Waals surface area contributed by atoms with Crippen LogP contribution in [0.3, 0.4) is 0 Å². The van der Waals surface area contributed by atoms with E-state index < -0.39 is 6.04 Å². The van der Waals surface area contributed by atoms with Crippen LogP contribution in [-0.4, -0.2) is 23.6 Å². The topological polar surface area (TPSA) is 70.2 Å². The van der Waals surface area contributed by atoms with Crippen LogP contribution in [-0.2, 0) is 9.59 Å². The van der Waals surface area contributed by atoms with Gasteiger partial charge in [0, 0.05) is 17.6 Å². The summed E-state index contributed by atoms with van der Waals surface area (Å²) in [5, 5.41) is 2.70. The van der Waals surface area contributed by atoms with Gasteiger partial charge in [0.25, 0.3) is 5.91 Å². The van der Waals surface area contributed by atoms with Gasteiger partial charge in [-0.2, -0.15) is 0 Å². The number of hydrazine groups is 1. The van der Waals surface area contributed by atoms with Gasteiger partial charge in [-0.3, -0.25) is 20.4 Å². The molecule has 3 N–H and O–H groups in total. The van der Waals surface area contributed by atoms with E-state index in [0.717, 1.165) is 16.3 Å². The molecule has 6 heteroatoms. The summed E-state index contributed by atoms with van der Waals surface area (Å²) in [6, 6.07) is 18.7. The molecule has 0 aromatic heterocycles. The molecule has 5 nitrogen and oxygen atoms in total. The van der Waals surface area contributed by atoms with Crippen LogP contribution in [0.1, 0.15) is 13.3 Å². The molecule has 0 aliphatic rings. The monoisotopic (exact) mass is 343 g/mol. The average Bonchev–Trinajstić information content (AvgIpc) is 2.60. The van der Waals surface area contributed by atoms with Gasteiger partial charge in [-0.05, 0) is 30.7 Å². The van der Waals surface area contributed by atoms with E-state index in [1.165, 1.54) is 6.92 Å². The summed E-state index contributed by atoms with van der Waals surface area (Å²) in [6.45, 7) is 1.41. The summed E-state index contributed by atoms with van der Waals surface area (Å²) in [5.74, 6) is 0.246. The summed E-state index contributed by atoms with van der Waals surface area (Å²) >= 11 is 1.66. The Hall–Kier alpha value is -2.47. The van der Waals surface area contributed by atoms with Crippen molar-refractivity contribution in [3.05, 3.63) is 60.7 Å². The molecule has 0 bridgehead atoms. The largest absolute Gasteiger partial charge is 0.344 e. The minimum atomic E-state index is -0.574. The smallest absolute Gasteiger partial charge is 0.260 e. The molecule has 0 saturated carbocycles. The number of anilines is 1. The van der Waals surface area contributed by atoms with Crippen LogP contribution in [0.15, 0.2) is 65.6 Å². The molecule has 24 heavy (non-hydrogen) atoms. The third kappa shape index (κ3) is 6.34. The molecule has 126 valence electrons. The van der Waals surface area contributed by atoms with E-state index in [4.69, 9.17) is 0 Å². The van der Waals surface area contributed by atoms with E-state index >= 15 is 0 Å². The van der Waals surface area contributed by atoms with Gasteiger partial charge in [0.05, 0.1) is 5.69 Å². The predicted molar refractivity (Wildman–Crippen MR) is 97.6 cm³/mol. The predicted octanol–water partition coefficient (Wildman–Crippen LogP) is 2.82. The van der Waals surface area contributed by atoms with Crippen molar-refractivity contribution in [2.75, 3.05) is 11.2 Å². The number of nitrogens with one attached hydrogen (secondary N) is 3. The third-order valence-electron chi connectivity index (χ3n) is 3.22. The van der Waals surface area contributed by atoms with Gasteiger partial charge in [-0.15, -0.1) is 11.8 Å². The lowest BCUT2D eigenvalue weighted by Crippen LogP contribution is -2.48. The Kier molecular flexibility index (Phi) is 7.17. The summed E-state index contributed by atoms with van der Waals surface area (Å²) in [6.07, 6.45) is 0.543. The van der Waals surface area contributed by atoms with E-state index in [-0.39, 0.29) is 11.8 Å². The second-order valence-corrected chi connectivity index (χ2v) is 6.35. The molecule has 0 radical (unpaired) electrons. The Balaban J connectivity index is 1.84. The first-order valence-corrected chi connectivity index (χ1v) is 8.69. The molecule has 2 amide bonds. The van der Waals surface area contributed by atoms with Gasteiger partial charge in [-0.1, -0.05) is 36.4 Å². The van der Waals surface area contributed by atoms with Crippen molar-refractivity contribution >= 4 is 29.3 Å². The number of para-hydroxylation sites is 1. The Labute approximate surface area is 146 Å². The van der Waals surface area contributed by atoms with Crippen LogP contribution in [0, 0.1) is 0 Å². The first-order valence-electron chi connectivity index (χ1n) is 7.71. The number of rotatable bonds is 8. The maximum atomic E-state index is 12.3. The summed E-state index contributed by atoms with van der Waals surface area (Å²) < 4.78 is 0. The molecule has 0 unspecified atom stereocenters. The van der Waals surface area contributed by atoms with Crippen molar-refractivity contribution in [1.29, 1.82) is 0 Å². The second-order valence-electron chi connectivity index (χ2n) is 5.18. The highest BCUT2D eigenvalue weighted by atomic mass is 32.2. The molecule has 0 heterocycles. The molecular weight excluding hydrogens is 322 g/mol. The van der Waals surface area contributed by atoms with Crippen molar-refractivity contribution in [3.8, 4) is 0 Å². The zero-order valence-electron chi connectivity index (χ0n) is 13.5. The van der Waals surface area contributed by atoms with Crippen LogP contribution >= 0.6 is 11.8 Å². The fraction of sp³-hybridized carbons (Fsp3) is 0.222. The Morgan fingerprint density at radius 3 is 2.25 bits per heavy atom. The van der Waals surface area contributed by atoms with E-state index in [1.54, 1.807) is 11.8 Å². The molecule has 2 rings (SSSR count). The van der Waals surface area contributed by atoms with Crippen molar-refractivity contribution in [2.45, 2.75) is 24.3 Å². The van der Waals surface area contributed by atoms with Gasteiger partial charge in [0.1, 0.15) is 6.04 Å². The highest BCUT2D eigenvalue weighted by Crippen LogP contribution is 2.18. The molecular formula is C18H21N3O2S. The minimum absolute atomic E-state index is 0.223. The fourth-order valence-electron chi connectivity index (χ4n) is 2.07. The normalized spacial score (nSPS) is 11.4. The van der Waals surface area contributed by atoms with Crippen LogP contribution in [0.2, 0.25) is 0 Å². The Morgan fingerprint density at radius 2 is 1.62 bits per heavy atom. The first-order chi connectivity index (χ1) is 11.6. The van der Waals surface area contributed by atoms with Gasteiger partial charge < -0.3 is 5.32 Å². The van der Waals surface area contributed by atoms with Gasteiger partial charge in [0.2, 0.25) is 5.91 Å². The molecule has 0 fully saturated rings. The number of carbonyl (C=O) groups is 2.